The molecule has 2 fully saturated rings. The molecule has 2 saturated carbocycles. The third-order valence-electron chi connectivity index (χ3n) is 6.93. The number of alkyl halides is 1. The van der Waals surface area contributed by atoms with Crippen LogP contribution in [0.4, 0.5) is 9.18 Å². The van der Waals surface area contributed by atoms with E-state index in [9.17, 15) is 14.0 Å². The van der Waals surface area contributed by atoms with E-state index in [4.69, 9.17) is 29.8 Å². The van der Waals surface area contributed by atoms with E-state index in [1.54, 1.807) is 0 Å². The molecule has 9 nitrogen and oxygen atoms in total. The van der Waals surface area contributed by atoms with E-state index < -0.39 is 18.6 Å². The summed E-state index contributed by atoms with van der Waals surface area (Å²) >= 11 is 0. The molecule has 2 aliphatic carbocycles. The van der Waals surface area contributed by atoms with Gasteiger partial charge in [0.15, 0.2) is 0 Å². The molecule has 0 aromatic rings. The lowest BCUT2D eigenvalue weighted by molar-refractivity contribution is -0.158. The Morgan fingerprint density at radius 1 is 1.26 bits per heavy atom. The fourth-order valence-electron chi connectivity index (χ4n) is 4.15. The maximum atomic E-state index is 12.7. The first-order valence-electron chi connectivity index (χ1n) is 12.3. The van der Waals surface area contributed by atoms with E-state index in [0.29, 0.717) is 0 Å². The van der Waals surface area contributed by atoms with E-state index >= 15 is 0 Å². The molecule has 206 valence electrons. The smallest absolute Gasteiger partial charge is 0.483 e. The molecular weight excluding hydrogens is 461 g/mol. The van der Waals surface area contributed by atoms with Gasteiger partial charge in [-0.3, -0.25) is 9.59 Å². The Labute approximate surface area is 209 Å². The summed E-state index contributed by atoms with van der Waals surface area (Å²) in [4.78, 5) is 30.3. The highest BCUT2D eigenvalue weighted by Crippen LogP contribution is 2.50. The molecule has 0 amide bonds. The summed E-state index contributed by atoms with van der Waals surface area (Å²) in [6, 6.07) is -0.224. The van der Waals surface area contributed by atoms with E-state index in [1.165, 1.54) is 6.92 Å². The summed E-state index contributed by atoms with van der Waals surface area (Å²) < 4.78 is 33.0. The van der Waals surface area contributed by atoms with Crippen LogP contribution in [0.1, 0.15) is 87.0 Å². The van der Waals surface area contributed by atoms with Crippen molar-refractivity contribution in [1.29, 1.82) is 0 Å². The zero-order valence-electron chi connectivity index (χ0n) is 22.3. The van der Waals surface area contributed by atoms with Crippen molar-refractivity contribution in [2.24, 2.45) is 22.5 Å². The molecule has 0 aromatic heterocycles. The van der Waals surface area contributed by atoms with Gasteiger partial charge in [0, 0.05) is 30.9 Å². The number of nitrogens with two attached hydrogens (primary N) is 1. The van der Waals surface area contributed by atoms with Gasteiger partial charge in [0.25, 0.3) is 12.9 Å². The topological polar surface area (TPSA) is 134 Å². The second-order valence-corrected chi connectivity index (χ2v) is 10.4. The lowest BCUT2D eigenvalue weighted by Gasteiger charge is -2.49. The number of carbonyl (C=O) groups excluding carboxylic acids is 2. The van der Waals surface area contributed by atoms with Crippen molar-refractivity contribution >= 4 is 19.1 Å². The van der Waals surface area contributed by atoms with Crippen molar-refractivity contribution in [3.63, 3.8) is 0 Å². The van der Waals surface area contributed by atoms with Gasteiger partial charge in [0.1, 0.15) is 12.3 Å². The largest absolute Gasteiger partial charge is 0.511 e. The average Bonchev–Trinajstić information content (AvgIpc) is 3.32. The molecule has 2 aliphatic rings. The van der Waals surface area contributed by atoms with Gasteiger partial charge in [-0.15, -0.1) is 0 Å². The predicted octanol–water partition coefficient (Wildman–Crippen LogP) is 4.84. The molecule has 3 N–H and O–H groups in total. The van der Waals surface area contributed by atoms with Crippen LogP contribution in [0.25, 0.3) is 0 Å². The van der Waals surface area contributed by atoms with Crippen LogP contribution in [-0.2, 0) is 28.5 Å². The molecule has 35 heavy (non-hydrogen) atoms. The SMILES string of the molecule is CC(OC=O)OC(=O)OC1CCCC[C@@]1(C)C(C)(C)C.CCCO[C@@H](C)C[C@@H]1C(N)C1F.O=CO. The highest BCUT2D eigenvalue weighted by Gasteiger charge is 2.49. The molecule has 10 heteroatoms. The number of carbonyl (C=O) groups is 3. The minimum Gasteiger partial charge on any atom is -0.483 e. The zero-order chi connectivity index (χ0) is 27.2. The monoisotopic (exact) mass is 507 g/mol. The van der Waals surface area contributed by atoms with Crippen molar-refractivity contribution in [3.8, 4) is 0 Å². The minimum atomic E-state index is -0.926. The third-order valence-corrected chi connectivity index (χ3v) is 6.93. The summed E-state index contributed by atoms with van der Waals surface area (Å²) in [7, 11) is 0. The van der Waals surface area contributed by atoms with Gasteiger partial charge in [-0.25, -0.2) is 9.18 Å². The van der Waals surface area contributed by atoms with Crippen molar-refractivity contribution in [2.45, 2.75) is 118 Å². The summed E-state index contributed by atoms with van der Waals surface area (Å²) in [5, 5.41) is 6.89. The molecule has 0 heterocycles. The Hall–Kier alpha value is -1.94. The number of rotatable bonds is 9. The van der Waals surface area contributed by atoms with E-state index in [2.05, 4.69) is 39.4 Å². The highest BCUT2D eigenvalue weighted by atomic mass is 19.1. The van der Waals surface area contributed by atoms with Crippen LogP contribution in [0.3, 0.4) is 0 Å². The van der Waals surface area contributed by atoms with E-state index in [0.717, 1.165) is 45.1 Å². The molecule has 4 unspecified atom stereocenters. The van der Waals surface area contributed by atoms with E-state index in [-0.39, 0.29) is 47.9 Å². The van der Waals surface area contributed by atoms with Crippen LogP contribution in [0, 0.1) is 16.7 Å². The average molecular weight is 508 g/mol. The normalized spacial score (nSPS) is 29.1. The van der Waals surface area contributed by atoms with Gasteiger partial charge in [0.2, 0.25) is 6.29 Å². The van der Waals surface area contributed by atoms with Crippen LogP contribution < -0.4 is 5.73 Å². The van der Waals surface area contributed by atoms with Crippen molar-refractivity contribution < 1.29 is 42.8 Å². The number of carboxylic acid groups (broad SMARTS) is 1. The molecule has 0 saturated heterocycles. The first kappa shape index (κ1) is 33.1. The molecule has 0 spiro atoms. The number of hydrogen-bond donors (Lipinski definition) is 2. The maximum absolute atomic E-state index is 12.7. The number of ether oxygens (including phenoxy) is 4. The maximum Gasteiger partial charge on any atom is 0.511 e. The molecule has 0 aliphatic heterocycles. The molecule has 0 aromatic carbocycles. The molecule has 0 bridgehead atoms. The van der Waals surface area contributed by atoms with Gasteiger partial charge < -0.3 is 29.8 Å². The lowest BCUT2D eigenvalue weighted by atomic mass is 9.59. The van der Waals surface area contributed by atoms with Gasteiger partial charge in [-0.2, -0.15) is 0 Å². The Morgan fingerprint density at radius 3 is 2.29 bits per heavy atom. The first-order chi connectivity index (χ1) is 16.3. The highest BCUT2D eigenvalue weighted by molar-refractivity contribution is 5.60. The minimum absolute atomic E-state index is 0.0310. The zero-order valence-corrected chi connectivity index (χ0v) is 22.3. The second-order valence-electron chi connectivity index (χ2n) is 10.4. The van der Waals surface area contributed by atoms with Gasteiger partial charge in [0.05, 0.1) is 6.10 Å². The molecule has 0 radical (unpaired) electrons. The Morgan fingerprint density at radius 2 is 1.83 bits per heavy atom. The van der Waals surface area contributed by atoms with Crippen LogP contribution in [-0.4, -0.2) is 61.5 Å². The lowest BCUT2D eigenvalue weighted by Crippen LogP contribution is -2.47. The fraction of sp³-hybridized carbons (Fsp3) is 0.880. The van der Waals surface area contributed by atoms with Gasteiger partial charge >= 0.3 is 6.16 Å². The van der Waals surface area contributed by atoms with Crippen molar-refractivity contribution in [2.75, 3.05) is 6.61 Å². The summed E-state index contributed by atoms with van der Waals surface area (Å²) in [6.07, 6.45) is 3.33. The summed E-state index contributed by atoms with van der Waals surface area (Å²) in [5.41, 5.74) is 5.40. The first-order valence-corrected chi connectivity index (χ1v) is 12.3. The summed E-state index contributed by atoms with van der Waals surface area (Å²) in [6.45, 7) is 14.9. The van der Waals surface area contributed by atoms with E-state index in [1.807, 2.05) is 6.92 Å². The second kappa shape index (κ2) is 15.9. The molecular formula is C25H46FNO8. The Balaban J connectivity index is 0.000000652. The quantitative estimate of drug-likeness (QED) is 0.255. The Kier molecular flexibility index (Phi) is 15.0. The number of hydrogen-bond acceptors (Lipinski definition) is 8. The van der Waals surface area contributed by atoms with Crippen LogP contribution >= 0.6 is 0 Å². The molecule has 2 rings (SSSR count). The standard InChI is InChI=1S/C15H26O5.C9H18FNO.CH2O2/c1-11(18-10-16)19-13(17)20-12-8-6-7-9-15(12,5)14(2,3)4;1-3-4-12-6(2)5-7-8(10)9(7)11;2-1-3/h10-12H,6-9H2,1-5H3;6-9H,3-5,11H2,1-2H3;1H,(H,2,3)/t11?,12?,15-;6-,7-,8?,9?;/m10./s1. The predicted molar refractivity (Wildman–Crippen MR) is 129 cm³/mol. The van der Waals surface area contributed by atoms with Crippen LogP contribution in [0.2, 0.25) is 0 Å². The molecule has 7 atom stereocenters. The third kappa shape index (κ3) is 11.6. The summed E-state index contributed by atoms with van der Waals surface area (Å²) in [5.74, 6) is 0.0526. The Bertz CT molecular complexity index is 621. The number of halogens is 1. The fourth-order valence-corrected chi connectivity index (χ4v) is 4.15. The van der Waals surface area contributed by atoms with Crippen molar-refractivity contribution in [3.05, 3.63) is 0 Å². The van der Waals surface area contributed by atoms with Gasteiger partial charge in [-0.1, -0.05) is 41.0 Å². The van der Waals surface area contributed by atoms with Gasteiger partial charge in [-0.05, 0) is 44.4 Å². The van der Waals surface area contributed by atoms with Crippen LogP contribution in [0.15, 0.2) is 0 Å². The van der Waals surface area contributed by atoms with Crippen molar-refractivity contribution in [1.82, 2.24) is 0 Å². The van der Waals surface area contributed by atoms with Crippen LogP contribution in [0.5, 0.6) is 0 Å².